The van der Waals surface area contributed by atoms with Gasteiger partial charge in [0.15, 0.2) is 6.29 Å². The van der Waals surface area contributed by atoms with Gasteiger partial charge in [-0.05, 0) is 38.5 Å². The molecule has 1 saturated heterocycles. The average Bonchev–Trinajstić information content (AvgIpc) is 3.48. The van der Waals surface area contributed by atoms with Gasteiger partial charge in [-0.1, -0.05) is 341 Å². The Labute approximate surface area is 506 Å². The summed E-state index contributed by atoms with van der Waals surface area (Å²) >= 11 is 0. The van der Waals surface area contributed by atoms with E-state index in [-0.39, 0.29) is 12.8 Å². The first-order chi connectivity index (χ1) is 40.2. The number of carbonyl (C=O) groups excluding carboxylic acids is 1. The Morgan fingerprint density at radius 1 is 0.415 bits per heavy atom. The first-order valence-corrected chi connectivity index (χ1v) is 36.1. The largest absolute Gasteiger partial charge is 0.394 e. The second kappa shape index (κ2) is 60.1. The molecular weight excluding hydrogens is 1030 g/mol. The van der Waals surface area contributed by atoms with Crippen molar-refractivity contribution in [3.05, 3.63) is 12.2 Å². The fraction of sp³-hybridized carbons (Fsp3) is 0.958. The molecule has 1 aliphatic heterocycles. The summed E-state index contributed by atoms with van der Waals surface area (Å²) in [4.78, 5) is 13.3. The predicted octanol–water partition coefficient (Wildman–Crippen LogP) is 17.4. The molecule has 9 atom stereocenters. The van der Waals surface area contributed by atoms with Crippen molar-refractivity contribution >= 4 is 5.91 Å². The summed E-state index contributed by atoms with van der Waals surface area (Å²) in [5, 5.41) is 76.5. The van der Waals surface area contributed by atoms with Crippen molar-refractivity contribution in [1.29, 1.82) is 0 Å². The fourth-order valence-corrected chi connectivity index (χ4v) is 12.0. The number of amides is 1. The number of ether oxygens (including phenoxy) is 2. The molecule has 0 aromatic rings. The SMILES string of the molecule is CCCCCCCCCCCCCCCCCCCCCCCCCC/C=C/CCCC(O)C(O)C(COC1OC(CO)C(O)C(O)C1O)NC(=O)C(O)CCCCCCCCCCCCCCCCCCCCCCCCCCCC. The first-order valence-electron chi connectivity index (χ1n) is 36.1. The lowest BCUT2D eigenvalue weighted by molar-refractivity contribution is -0.303. The number of aliphatic hydroxyl groups is 7. The minimum Gasteiger partial charge on any atom is -0.394 e. The van der Waals surface area contributed by atoms with E-state index in [9.17, 15) is 40.5 Å². The smallest absolute Gasteiger partial charge is 0.249 e. The molecule has 82 heavy (non-hydrogen) atoms. The lowest BCUT2D eigenvalue weighted by Crippen LogP contribution is -2.60. The summed E-state index contributed by atoms with van der Waals surface area (Å²) in [6.45, 7) is 3.51. The Morgan fingerprint density at radius 2 is 0.720 bits per heavy atom. The highest BCUT2D eigenvalue weighted by Gasteiger charge is 2.44. The van der Waals surface area contributed by atoms with Crippen molar-refractivity contribution in [3.63, 3.8) is 0 Å². The molecule has 11 heteroatoms. The van der Waals surface area contributed by atoms with Crippen molar-refractivity contribution in [2.75, 3.05) is 13.2 Å². The van der Waals surface area contributed by atoms with Gasteiger partial charge in [0, 0.05) is 0 Å². The molecule has 9 unspecified atom stereocenters. The van der Waals surface area contributed by atoms with E-state index in [4.69, 9.17) is 9.47 Å². The molecule has 1 amide bonds. The monoisotopic (exact) mass is 1170 g/mol. The molecule has 1 heterocycles. The number of hydrogen-bond donors (Lipinski definition) is 8. The fourth-order valence-electron chi connectivity index (χ4n) is 12.0. The zero-order valence-corrected chi connectivity index (χ0v) is 54.0. The molecule has 0 bridgehead atoms. The molecule has 1 aliphatic rings. The van der Waals surface area contributed by atoms with Crippen LogP contribution in [0.4, 0.5) is 0 Å². The topological polar surface area (TPSA) is 189 Å². The number of nitrogens with one attached hydrogen (secondary N) is 1. The van der Waals surface area contributed by atoms with Crippen molar-refractivity contribution in [3.8, 4) is 0 Å². The molecule has 11 nitrogen and oxygen atoms in total. The standard InChI is InChI=1S/C71H139NO10/c1-3-5-7-9-11-13-15-17-19-21-23-25-27-29-31-32-33-35-36-38-40-42-44-46-48-50-52-54-56-58-63(74)66(76)62(61-81-71-69(79)68(78)67(77)65(60-73)82-71)72-70(80)64(75)59-57-55-53-51-49-47-45-43-41-39-37-34-30-28-26-24-22-20-18-16-14-12-10-8-6-4-2/h50,52,62-69,71,73-79H,3-49,51,53-61H2,1-2H3,(H,72,80)/b52-50+. The van der Waals surface area contributed by atoms with Crippen LogP contribution in [0.15, 0.2) is 12.2 Å². The summed E-state index contributed by atoms with van der Waals surface area (Å²) in [6, 6.07) is -1.18. The number of aliphatic hydroxyl groups excluding tert-OH is 7. The minimum absolute atomic E-state index is 0.260. The van der Waals surface area contributed by atoms with Crippen LogP contribution >= 0.6 is 0 Å². The van der Waals surface area contributed by atoms with Crippen LogP contribution in [-0.2, 0) is 14.3 Å². The predicted molar refractivity (Wildman–Crippen MR) is 344 cm³/mol. The van der Waals surface area contributed by atoms with Gasteiger partial charge in [-0.2, -0.15) is 0 Å². The lowest BCUT2D eigenvalue weighted by atomic mass is 9.98. The van der Waals surface area contributed by atoms with Gasteiger partial charge < -0.3 is 50.5 Å². The van der Waals surface area contributed by atoms with E-state index < -0.39 is 74.2 Å². The minimum atomic E-state index is -1.67. The van der Waals surface area contributed by atoms with E-state index in [2.05, 4.69) is 31.3 Å². The van der Waals surface area contributed by atoms with Crippen LogP contribution in [0.3, 0.4) is 0 Å². The molecule has 8 N–H and O–H groups in total. The third-order valence-corrected chi connectivity index (χ3v) is 17.8. The first kappa shape index (κ1) is 78.9. The lowest BCUT2D eigenvalue weighted by Gasteiger charge is -2.40. The van der Waals surface area contributed by atoms with E-state index in [0.717, 1.165) is 32.1 Å². The van der Waals surface area contributed by atoms with E-state index in [0.29, 0.717) is 12.8 Å². The van der Waals surface area contributed by atoms with Gasteiger partial charge in [-0.25, -0.2) is 0 Å². The molecule has 0 spiro atoms. The van der Waals surface area contributed by atoms with E-state index in [1.54, 1.807) is 0 Å². The second-order valence-electron chi connectivity index (χ2n) is 25.7. The Morgan fingerprint density at radius 3 is 1.05 bits per heavy atom. The number of rotatable bonds is 64. The van der Waals surface area contributed by atoms with Crippen molar-refractivity contribution in [2.24, 2.45) is 0 Å². The zero-order valence-electron chi connectivity index (χ0n) is 54.0. The summed E-state index contributed by atoms with van der Waals surface area (Å²) in [6.07, 6.45) is 63.1. The third kappa shape index (κ3) is 47.0. The summed E-state index contributed by atoms with van der Waals surface area (Å²) in [7, 11) is 0. The Hall–Kier alpha value is -1.15. The Bertz CT molecular complexity index is 1340. The normalized spacial score (nSPS) is 19.1. The Balaban J connectivity index is 2.20. The van der Waals surface area contributed by atoms with Gasteiger partial charge in [-0.15, -0.1) is 0 Å². The van der Waals surface area contributed by atoms with Crippen molar-refractivity contribution in [2.45, 2.75) is 422 Å². The summed E-state index contributed by atoms with van der Waals surface area (Å²) < 4.78 is 11.2. The number of carbonyl (C=O) groups is 1. The van der Waals surface area contributed by atoms with Crippen LogP contribution in [0, 0.1) is 0 Å². The van der Waals surface area contributed by atoms with Crippen LogP contribution in [-0.4, -0.2) is 110 Å². The quantitative estimate of drug-likeness (QED) is 0.0215. The molecule has 0 radical (unpaired) electrons. The van der Waals surface area contributed by atoms with Crippen LogP contribution in [0.1, 0.15) is 367 Å². The van der Waals surface area contributed by atoms with Crippen LogP contribution in [0.2, 0.25) is 0 Å². The molecular formula is C71H139NO10. The maximum absolute atomic E-state index is 13.3. The molecule has 0 saturated carbocycles. The summed E-state index contributed by atoms with van der Waals surface area (Å²) in [5.74, 6) is -0.697. The highest BCUT2D eigenvalue weighted by molar-refractivity contribution is 5.80. The second-order valence-corrected chi connectivity index (χ2v) is 25.7. The van der Waals surface area contributed by atoms with Gasteiger partial charge in [-0.3, -0.25) is 4.79 Å². The number of hydrogen-bond acceptors (Lipinski definition) is 10. The van der Waals surface area contributed by atoms with Crippen molar-refractivity contribution in [1.82, 2.24) is 5.32 Å². The maximum Gasteiger partial charge on any atom is 0.249 e. The van der Waals surface area contributed by atoms with Gasteiger partial charge in [0.1, 0.15) is 36.6 Å². The van der Waals surface area contributed by atoms with E-state index in [1.165, 1.54) is 295 Å². The van der Waals surface area contributed by atoms with Gasteiger partial charge in [0.2, 0.25) is 5.91 Å². The highest BCUT2D eigenvalue weighted by Crippen LogP contribution is 2.24. The average molecular weight is 1170 g/mol. The molecule has 0 aromatic carbocycles. The van der Waals surface area contributed by atoms with Crippen LogP contribution in [0.5, 0.6) is 0 Å². The molecule has 0 aliphatic carbocycles. The van der Waals surface area contributed by atoms with Crippen molar-refractivity contribution < 1.29 is 50.0 Å². The van der Waals surface area contributed by atoms with Crippen LogP contribution < -0.4 is 5.32 Å². The molecule has 1 fully saturated rings. The third-order valence-electron chi connectivity index (χ3n) is 17.8. The van der Waals surface area contributed by atoms with E-state index in [1.807, 2.05) is 0 Å². The highest BCUT2D eigenvalue weighted by atomic mass is 16.7. The number of unbranched alkanes of at least 4 members (excludes halogenated alkanes) is 50. The summed E-state index contributed by atoms with van der Waals surface area (Å²) in [5.41, 5.74) is 0. The van der Waals surface area contributed by atoms with Crippen LogP contribution in [0.25, 0.3) is 0 Å². The molecule has 488 valence electrons. The molecule has 1 rings (SSSR count). The van der Waals surface area contributed by atoms with Gasteiger partial charge in [0.25, 0.3) is 0 Å². The number of allylic oxidation sites excluding steroid dienone is 2. The molecule has 0 aromatic heterocycles. The maximum atomic E-state index is 13.3. The van der Waals surface area contributed by atoms with Gasteiger partial charge in [0.05, 0.1) is 25.4 Å². The van der Waals surface area contributed by atoms with E-state index >= 15 is 0 Å². The zero-order chi connectivity index (χ0) is 59.6. The van der Waals surface area contributed by atoms with Gasteiger partial charge >= 0.3 is 0 Å². The Kier molecular flexibility index (Phi) is 57.8.